The maximum absolute atomic E-state index is 10.6. The number of carbonyl (C=O) groups is 1. The summed E-state index contributed by atoms with van der Waals surface area (Å²) < 4.78 is 5.24. The van der Waals surface area contributed by atoms with Crippen LogP contribution in [-0.2, 0) is 9.53 Å². The summed E-state index contributed by atoms with van der Waals surface area (Å²) in [5.74, 6) is 0.113. The number of primary amides is 1. The highest BCUT2D eigenvalue weighted by atomic mass is 32.1. The van der Waals surface area contributed by atoms with Gasteiger partial charge in [0.1, 0.15) is 0 Å². The maximum Gasteiger partial charge on any atom is 0.222 e. The van der Waals surface area contributed by atoms with E-state index in [-0.39, 0.29) is 17.9 Å². The minimum Gasteiger partial charge on any atom is -0.377 e. The first-order valence-corrected chi connectivity index (χ1v) is 4.24. The predicted molar refractivity (Wildman–Crippen MR) is 47.6 cm³/mol. The van der Waals surface area contributed by atoms with E-state index in [0.717, 1.165) is 0 Å². The summed E-state index contributed by atoms with van der Waals surface area (Å²) in [6.45, 7) is 4.15. The van der Waals surface area contributed by atoms with Crippen molar-refractivity contribution in [1.82, 2.24) is 0 Å². The summed E-state index contributed by atoms with van der Waals surface area (Å²) in [4.78, 5) is 10.6. The van der Waals surface area contributed by atoms with Gasteiger partial charge in [-0.3, -0.25) is 4.79 Å². The SMILES string of the molecule is CC(OCCS)C(C)C(N)=O. The molecule has 0 fully saturated rings. The Morgan fingerprint density at radius 3 is 2.55 bits per heavy atom. The molecule has 1 amide bonds. The quantitative estimate of drug-likeness (QED) is 0.599. The molecule has 0 aliphatic heterocycles. The first-order valence-electron chi connectivity index (χ1n) is 3.61. The number of nitrogens with two attached hydrogens (primary N) is 1. The Bertz CT molecular complexity index is 130. The predicted octanol–water partition coefficient (Wildman–Crippen LogP) is 0.443. The molecule has 2 atom stereocenters. The zero-order chi connectivity index (χ0) is 8.85. The molecule has 0 aliphatic rings. The molecule has 4 heteroatoms. The highest BCUT2D eigenvalue weighted by molar-refractivity contribution is 7.80. The molecule has 0 aromatic rings. The van der Waals surface area contributed by atoms with Crippen LogP contribution in [0, 0.1) is 5.92 Å². The Hall–Kier alpha value is -0.220. The highest BCUT2D eigenvalue weighted by Gasteiger charge is 2.17. The van der Waals surface area contributed by atoms with Crippen molar-refractivity contribution in [1.29, 1.82) is 0 Å². The topological polar surface area (TPSA) is 52.3 Å². The molecule has 0 aliphatic carbocycles. The fourth-order valence-electron chi connectivity index (χ4n) is 0.614. The van der Waals surface area contributed by atoms with Crippen LogP contribution in [0.15, 0.2) is 0 Å². The third kappa shape index (κ3) is 4.27. The lowest BCUT2D eigenvalue weighted by molar-refractivity contribution is -0.125. The molecule has 11 heavy (non-hydrogen) atoms. The molecular formula is C7H15NO2S. The number of ether oxygens (including phenoxy) is 1. The molecule has 0 aromatic heterocycles. The summed E-state index contributed by atoms with van der Waals surface area (Å²) >= 11 is 3.97. The van der Waals surface area contributed by atoms with Crippen LogP contribution in [0.2, 0.25) is 0 Å². The highest BCUT2D eigenvalue weighted by Crippen LogP contribution is 2.05. The Kier molecular flexibility index (Phi) is 5.32. The van der Waals surface area contributed by atoms with Crippen LogP contribution in [-0.4, -0.2) is 24.4 Å². The third-order valence-electron chi connectivity index (χ3n) is 1.62. The molecule has 3 nitrogen and oxygen atoms in total. The van der Waals surface area contributed by atoms with Gasteiger partial charge >= 0.3 is 0 Å². The van der Waals surface area contributed by atoms with Gasteiger partial charge in [-0.25, -0.2) is 0 Å². The lowest BCUT2D eigenvalue weighted by Crippen LogP contribution is -2.31. The van der Waals surface area contributed by atoms with Gasteiger partial charge in [-0.15, -0.1) is 0 Å². The Labute approximate surface area is 72.7 Å². The van der Waals surface area contributed by atoms with Crippen LogP contribution >= 0.6 is 12.6 Å². The molecule has 2 N–H and O–H groups in total. The van der Waals surface area contributed by atoms with Crippen LogP contribution < -0.4 is 5.73 Å². The normalized spacial score (nSPS) is 15.9. The molecule has 66 valence electrons. The van der Waals surface area contributed by atoms with E-state index in [2.05, 4.69) is 12.6 Å². The van der Waals surface area contributed by atoms with Crippen molar-refractivity contribution in [3.8, 4) is 0 Å². The largest absolute Gasteiger partial charge is 0.377 e. The van der Waals surface area contributed by atoms with Crippen molar-refractivity contribution < 1.29 is 9.53 Å². The molecule has 0 bridgehead atoms. The van der Waals surface area contributed by atoms with E-state index in [1.807, 2.05) is 6.92 Å². The minimum atomic E-state index is -0.323. The first-order chi connectivity index (χ1) is 5.09. The van der Waals surface area contributed by atoms with Crippen molar-refractivity contribution in [2.24, 2.45) is 11.7 Å². The number of amides is 1. The molecule has 0 saturated heterocycles. The van der Waals surface area contributed by atoms with E-state index in [1.165, 1.54) is 0 Å². The molecule has 0 rings (SSSR count). The second-order valence-electron chi connectivity index (χ2n) is 2.49. The number of carbonyl (C=O) groups excluding carboxylic acids is 1. The lowest BCUT2D eigenvalue weighted by Gasteiger charge is -2.16. The van der Waals surface area contributed by atoms with E-state index in [9.17, 15) is 4.79 Å². The van der Waals surface area contributed by atoms with E-state index in [1.54, 1.807) is 6.92 Å². The van der Waals surface area contributed by atoms with Crippen LogP contribution in [0.5, 0.6) is 0 Å². The summed E-state index contributed by atoms with van der Waals surface area (Å²) in [7, 11) is 0. The van der Waals surface area contributed by atoms with Gasteiger partial charge in [-0.2, -0.15) is 12.6 Å². The second kappa shape index (κ2) is 5.43. The average Bonchev–Trinajstić information content (AvgIpc) is 1.98. The number of hydrogen-bond donors (Lipinski definition) is 2. The van der Waals surface area contributed by atoms with Crippen molar-refractivity contribution in [2.45, 2.75) is 20.0 Å². The molecule has 0 radical (unpaired) electrons. The van der Waals surface area contributed by atoms with Gasteiger partial charge in [0.25, 0.3) is 0 Å². The summed E-state index contributed by atoms with van der Waals surface area (Å²) in [5.41, 5.74) is 5.07. The number of thiol groups is 1. The van der Waals surface area contributed by atoms with Gasteiger partial charge in [-0.1, -0.05) is 6.92 Å². The molecular weight excluding hydrogens is 162 g/mol. The lowest BCUT2D eigenvalue weighted by atomic mass is 10.1. The van der Waals surface area contributed by atoms with Gasteiger partial charge in [0.15, 0.2) is 0 Å². The summed E-state index contributed by atoms with van der Waals surface area (Å²) in [6, 6.07) is 0. The number of hydrogen-bond acceptors (Lipinski definition) is 3. The van der Waals surface area contributed by atoms with Gasteiger partial charge < -0.3 is 10.5 Å². The third-order valence-corrected chi connectivity index (χ3v) is 1.81. The molecule has 0 spiro atoms. The standard InChI is InChI=1S/C7H15NO2S/c1-5(7(8)9)6(2)10-3-4-11/h5-6,11H,3-4H2,1-2H3,(H2,8,9). The fraction of sp³-hybridized carbons (Fsp3) is 0.857. The molecule has 0 saturated carbocycles. The van der Waals surface area contributed by atoms with Crippen LogP contribution in [0.3, 0.4) is 0 Å². The second-order valence-corrected chi connectivity index (χ2v) is 2.94. The van der Waals surface area contributed by atoms with Gasteiger partial charge in [0.2, 0.25) is 5.91 Å². The van der Waals surface area contributed by atoms with Crippen molar-refractivity contribution >= 4 is 18.5 Å². The Balaban J connectivity index is 3.63. The van der Waals surface area contributed by atoms with Crippen molar-refractivity contribution in [2.75, 3.05) is 12.4 Å². The fourth-order valence-corrected chi connectivity index (χ4v) is 0.720. The van der Waals surface area contributed by atoms with Crippen molar-refractivity contribution in [3.05, 3.63) is 0 Å². The molecule has 2 unspecified atom stereocenters. The zero-order valence-corrected chi connectivity index (χ0v) is 7.80. The molecule has 0 aromatic carbocycles. The average molecular weight is 177 g/mol. The summed E-state index contributed by atoms with van der Waals surface area (Å²) in [6.07, 6.45) is -0.111. The Morgan fingerprint density at radius 2 is 2.18 bits per heavy atom. The smallest absolute Gasteiger partial charge is 0.222 e. The van der Waals surface area contributed by atoms with Gasteiger partial charge in [0.05, 0.1) is 18.6 Å². The first kappa shape index (κ1) is 10.8. The van der Waals surface area contributed by atoms with E-state index in [0.29, 0.717) is 12.4 Å². The summed E-state index contributed by atoms with van der Waals surface area (Å²) in [5, 5.41) is 0. The Morgan fingerprint density at radius 1 is 1.64 bits per heavy atom. The molecule has 0 heterocycles. The zero-order valence-electron chi connectivity index (χ0n) is 6.91. The van der Waals surface area contributed by atoms with Crippen LogP contribution in [0.4, 0.5) is 0 Å². The van der Waals surface area contributed by atoms with Gasteiger partial charge in [-0.05, 0) is 6.92 Å². The van der Waals surface area contributed by atoms with Crippen LogP contribution in [0.1, 0.15) is 13.8 Å². The maximum atomic E-state index is 10.6. The monoisotopic (exact) mass is 177 g/mol. The van der Waals surface area contributed by atoms with Gasteiger partial charge in [0, 0.05) is 5.75 Å². The van der Waals surface area contributed by atoms with Crippen LogP contribution in [0.25, 0.3) is 0 Å². The van der Waals surface area contributed by atoms with E-state index >= 15 is 0 Å². The van der Waals surface area contributed by atoms with E-state index in [4.69, 9.17) is 10.5 Å². The minimum absolute atomic E-state index is 0.111. The van der Waals surface area contributed by atoms with E-state index < -0.39 is 0 Å². The number of rotatable bonds is 5. The van der Waals surface area contributed by atoms with Crippen molar-refractivity contribution in [3.63, 3.8) is 0 Å².